The first-order valence-corrected chi connectivity index (χ1v) is 11.1. The number of benzene rings is 4. The van der Waals surface area contributed by atoms with Gasteiger partial charge in [0.25, 0.3) is 0 Å². The van der Waals surface area contributed by atoms with Crippen LogP contribution in [0.25, 0.3) is 27.6 Å². The van der Waals surface area contributed by atoms with Gasteiger partial charge in [-0.1, -0.05) is 72.3 Å². The average Bonchev–Trinajstić information content (AvgIpc) is 3.37. The largest absolute Gasteiger partial charge is 0.334 e. The monoisotopic (exact) mass is 451 g/mol. The van der Waals surface area contributed by atoms with Crippen LogP contribution in [0.1, 0.15) is 5.56 Å². The number of carbonyl (C=O) groups excluding carboxylic acids is 1. The van der Waals surface area contributed by atoms with Crippen LogP contribution in [0.4, 0.5) is 10.5 Å². The molecule has 1 aromatic heterocycles. The third-order valence-electron chi connectivity index (χ3n) is 5.58. The predicted octanol–water partition coefficient (Wildman–Crippen LogP) is 7.27. The lowest BCUT2D eigenvalue weighted by atomic mass is 10.0. The maximum absolute atomic E-state index is 12.4. The van der Waals surface area contributed by atoms with Crippen LogP contribution in [0, 0.1) is 0 Å². The first kappa shape index (κ1) is 20.9. The molecule has 0 radical (unpaired) electrons. The van der Waals surface area contributed by atoms with Crippen molar-refractivity contribution in [3.63, 3.8) is 0 Å². The number of aromatic nitrogens is 1. The Kier molecular flexibility index (Phi) is 5.83. The molecule has 0 spiro atoms. The molecule has 0 saturated carbocycles. The molecule has 5 rings (SSSR count). The summed E-state index contributed by atoms with van der Waals surface area (Å²) in [4.78, 5) is 12.4. The smallest absolute Gasteiger partial charge is 0.319 e. The summed E-state index contributed by atoms with van der Waals surface area (Å²) in [5.74, 6) is 0. The number of rotatable bonds is 5. The topological polar surface area (TPSA) is 46.1 Å². The Balaban J connectivity index is 1.20. The van der Waals surface area contributed by atoms with E-state index in [1.807, 2.05) is 59.4 Å². The van der Waals surface area contributed by atoms with Gasteiger partial charge in [0.15, 0.2) is 0 Å². The highest BCUT2D eigenvalue weighted by atomic mass is 35.5. The molecule has 0 unspecified atom stereocenters. The summed E-state index contributed by atoms with van der Waals surface area (Å²) in [7, 11) is 0. The van der Waals surface area contributed by atoms with E-state index in [2.05, 4.69) is 59.2 Å². The first-order chi connectivity index (χ1) is 16.2. The minimum Gasteiger partial charge on any atom is -0.334 e. The number of hydrogen-bond acceptors (Lipinski definition) is 1. The van der Waals surface area contributed by atoms with Gasteiger partial charge in [-0.2, -0.15) is 0 Å². The van der Waals surface area contributed by atoms with E-state index in [9.17, 15) is 4.79 Å². The van der Waals surface area contributed by atoms with Crippen LogP contribution in [0.15, 0.2) is 109 Å². The van der Waals surface area contributed by atoms with Crippen LogP contribution >= 0.6 is 11.6 Å². The fraction of sp³-hybridized carbons (Fsp3) is 0.0357. The molecule has 162 valence electrons. The molecule has 0 fully saturated rings. The van der Waals surface area contributed by atoms with Gasteiger partial charge in [0.2, 0.25) is 0 Å². The van der Waals surface area contributed by atoms with Gasteiger partial charge in [-0.05, 0) is 63.9 Å². The first-order valence-electron chi connectivity index (χ1n) is 10.7. The van der Waals surface area contributed by atoms with E-state index in [0.29, 0.717) is 17.3 Å². The molecule has 0 aliphatic rings. The van der Waals surface area contributed by atoms with E-state index < -0.39 is 0 Å². The molecular formula is C28H22ClN3O. The van der Waals surface area contributed by atoms with Crippen molar-refractivity contribution in [2.24, 2.45) is 0 Å². The highest BCUT2D eigenvalue weighted by molar-refractivity contribution is 6.32. The van der Waals surface area contributed by atoms with E-state index in [0.717, 1.165) is 16.8 Å². The molecular weight excluding hydrogens is 430 g/mol. The van der Waals surface area contributed by atoms with Crippen molar-refractivity contribution in [3.05, 3.63) is 120 Å². The van der Waals surface area contributed by atoms with Crippen LogP contribution in [0.3, 0.4) is 0 Å². The molecule has 5 heteroatoms. The highest BCUT2D eigenvalue weighted by Crippen LogP contribution is 2.26. The van der Waals surface area contributed by atoms with Gasteiger partial charge in [0.05, 0.1) is 10.7 Å². The summed E-state index contributed by atoms with van der Waals surface area (Å²) in [6.45, 7) is 0.430. The molecule has 2 amide bonds. The quantitative estimate of drug-likeness (QED) is 0.290. The van der Waals surface area contributed by atoms with Crippen molar-refractivity contribution in [1.29, 1.82) is 0 Å². The Labute approximate surface area is 197 Å². The molecule has 33 heavy (non-hydrogen) atoms. The number of halogens is 1. The van der Waals surface area contributed by atoms with Crippen molar-refractivity contribution >= 4 is 34.1 Å². The fourth-order valence-electron chi connectivity index (χ4n) is 3.83. The second kappa shape index (κ2) is 9.23. The maximum atomic E-state index is 12.4. The molecule has 5 aromatic rings. The number of carbonyl (C=O) groups is 1. The maximum Gasteiger partial charge on any atom is 0.319 e. The third-order valence-corrected chi connectivity index (χ3v) is 5.88. The average molecular weight is 452 g/mol. The minimum atomic E-state index is -0.279. The number of urea groups is 1. The fourth-order valence-corrected chi connectivity index (χ4v) is 4.11. The van der Waals surface area contributed by atoms with Crippen molar-refractivity contribution < 1.29 is 4.79 Å². The molecule has 0 bridgehead atoms. The number of nitrogens with one attached hydrogen (secondary N) is 2. The van der Waals surface area contributed by atoms with E-state index in [1.165, 1.54) is 16.3 Å². The van der Waals surface area contributed by atoms with E-state index in [4.69, 9.17) is 11.6 Å². The molecule has 4 aromatic carbocycles. The standard InChI is InChI=1S/C28H22ClN3O/c29-26-18-25(13-14-27(26)32-15-3-4-16-32)31-28(33)30-19-20-7-9-22(10-8-20)24-12-11-21-5-1-2-6-23(21)17-24/h1-18H,19H2,(H2,30,31,33). The molecule has 0 aliphatic carbocycles. The SMILES string of the molecule is O=C(NCc1ccc(-c2ccc3ccccc3c2)cc1)Nc1ccc(-n2cccc2)c(Cl)c1. The number of nitrogens with zero attached hydrogens (tertiary/aromatic N) is 1. The van der Waals surface area contributed by atoms with Gasteiger partial charge in [-0.25, -0.2) is 4.79 Å². The lowest BCUT2D eigenvalue weighted by Crippen LogP contribution is -2.28. The van der Waals surface area contributed by atoms with E-state index in [1.54, 1.807) is 6.07 Å². The molecule has 1 heterocycles. The second-order valence-electron chi connectivity index (χ2n) is 7.82. The normalized spacial score (nSPS) is 10.8. The minimum absolute atomic E-state index is 0.279. The predicted molar refractivity (Wildman–Crippen MR) is 136 cm³/mol. The molecule has 0 saturated heterocycles. The number of fused-ring (bicyclic) bond motifs is 1. The van der Waals surface area contributed by atoms with Gasteiger partial charge < -0.3 is 15.2 Å². The molecule has 0 aliphatic heterocycles. The number of hydrogen-bond donors (Lipinski definition) is 2. The summed E-state index contributed by atoms with van der Waals surface area (Å²) < 4.78 is 1.92. The zero-order chi connectivity index (χ0) is 22.6. The lowest BCUT2D eigenvalue weighted by Gasteiger charge is -2.11. The van der Waals surface area contributed by atoms with E-state index >= 15 is 0 Å². The van der Waals surface area contributed by atoms with Gasteiger partial charge >= 0.3 is 6.03 Å². The second-order valence-corrected chi connectivity index (χ2v) is 8.23. The summed E-state index contributed by atoms with van der Waals surface area (Å²) in [6.07, 6.45) is 3.85. The van der Waals surface area contributed by atoms with Gasteiger partial charge in [0, 0.05) is 24.6 Å². The summed E-state index contributed by atoms with van der Waals surface area (Å²) >= 11 is 6.38. The third kappa shape index (κ3) is 4.76. The van der Waals surface area contributed by atoms with Crippen molar-refractivity contribution in [1.82, 2.24) is 9.88 Å². The van der Waals surface area contributed by atoms with Crippen LogP contribution in [0.2, 0.25) is 5.02 Å². The van der Waals surface area contributed by atoms with E-state index in [-0.39, 0.29) is 6.03 Å². The Hall–Kier alpha value is -4.02. The van der Waals surface area contributed by atoms with Gasteiger partial charge in [-0.15, -0.1) is 0 Å². The van der Waals surface area contributed by atoms with Crippen molar-refractivity contribution in [2.75, 3.05) is 5.32 Å². The van der Waals surface area contributed by atoms with Crippen molar-refractivity contribution in [3.8, 4) is 16.8 Å². The number of anilines is 1. The number of amides is 2. The van der Waals surface area contributed by atoms with Crippen LogP contribution in [-0.4, -0.2) is 10.6 Å². The zero-order valence-corrected chi connectivity index (χ0v) is 18.6. The van der Waals surface area contributed by atoms with Gasteiger partial charge in [-0.3, -0.25) is 0 Å². The summed E-state index contributed by atoms with van der Waals surface area (Å²) in [6, 6.07) is 32.1. The Morgan fingerprint density at radius 3 is 2.24 bits per heavy atom. The lowest BCUT2D eigenvalue weighted by molar-refractivity contribution is 0.251. The highest BCUT2D eigenvalue weighted by Gasteiger charge is 2.07. The molecule has 2 N–H and O–H groups in total. The Bertz CT molecular complexity index is 1410. The zero-order valence-electron chi connectivity index (χ0n) is 17.8. The van der Waals surface area contributed by atoms with Crippen molar-refractivity contribution in [2.45, 2.75) is 6.54 Å². The summed E-state index contributed by atoms with van der Waals surface area (Å²) in [5, 5.41) is 8.74. The summed E-state index contributed by atoms with van der Waals surface area (Å²) in [5.41, 5.74) is 4.84. The Morgan fingerprint density at radius 2 is 1.48 bits per heavy atom. The van der Waals surface area contributed by atoms with Crippen LogP contribution in [-0.2, 0) is 6.54 Å². The molecule has 0 atom stereocenters. The van der Waals surface area contributed by atoms with Crippen LogP contribution in [0.5, 0.6) is 0 Å². The molecule has 4 nitrogen and oxygen atoms in total. The Morgan fingerprint density at radius 1 is 0.758 bits per heavy atom. The van der Waals surface area contributed by atoms with Gasteiger partial charge in [0.1, 0.15) is 0 Å². The van der Waals surface area contributed by atoms with Crippen LogP contribution < -0.4 is 10.6 Å².